The first-order valence-electron chi connectivity index (χ1n) is 12.9. The fraction of sp³-hybridized carbons (Fsp3) is 0.226. The molecule has 0 fully saturated rings. The molecule has 0 saturated carbocycles. The molecule has 0 aliphatic rings. The highest BCUT2D eigenvalue weighted by Crippen LogP contribution is 2.32. The third-order valence-electron chi connectivity index (χ3n) is 6.62. The van der Waals surface area contributed by atoms with Gasteiger partial charge >= 0.3 is 0 Å². The number of hydrogen-bond donors (Lipinski definition) is 4. The fourth-order valence-electron chi connectivity index (χ4n) is 4.28. The molecule has 4 rings (SSSR count). The quantitative estimate of drug-likeness (QED) is 0.178. The summed E-state index contributed by atoms with van der Waals surface area (Å²) in [5, 5.41) is 19.2. The van der Waals surface area contributed by atoms with E-state index in [4.69, 9.17) is 0 Å². The Bertz CT molecular complexity index is 1590. The van der Waals surface area contributed by atoms with Crippen molar-refractivity contribution < 1.29 is 14.7 Å². The van der Waals surface area contributed by atoms with Crippen LogP contribution in [0.3, 0.4) is 0 Å². The van der Waals surface area contributed by atoms with Gasteiger partial charge in [-0.25, -0.2) is 0 Å². The highest BCUT2D eigenvalue weighted by atomic mass is 16.3. The minimum absolute atomic E-state index is 0.0412. The van der Waals surface area contributed by atoms with Gasteiger partial charge in [0.15, 0.2) is 5.75 Å². The number of anilines is 3. The van der Waals surface area contributed by atoms with Gasteiger partial charge in [0.25, 0.3) is 16.8 Å². The van der Waals surface area contributed by atoms with E-state index in [1.165, 1.54) is 17.0 Å². The zero-order valence-electron chi connectivity index (χ0n) is 22.8. The summed E-state index contributed by atoms with van der Waals surface area (Å²) in [6, 6.07) is 21.5. The molecule has 0 radical (unpaired) electrons. The van der Waals surface area contributed by atoms with Crippen LogP contribution in [0.5, 0.6) is 5.75 Å². The van der Waals surface area contributed by atoms with E-state index in [-0.39, 0.29) is 46.7 Å². The molecule has 206 valence electrons. The average molecular weight is 541 g/mol. The molecular weight excluding hydrogens is 508 g/mol. The van der Waals surface area contributed by atoms with Crippen LogP contribution in [0.2, 0.25) is 0 Å². The maximum Gasteiger partial charge on any atom is 0.257 e. The Kier molecular flexibility index (Phi) is 8.33. The smallest absolute Gasteiger partial charge is 0.257 e. The lowest BCUT2D eigenvalue weighted by Gasteiger charge is -2.25. The van der Waals surface area contributed by atoms with Gasteiger partial charge in [0, 0.05) is 20.6 Å². The lowest BCUT2D eigenvalue weighted by molar-refractivity contribution is -0.122. The predicted octanol–water partition coefficient (Wildman–Crippen LogP) is 3.85. The topological polar surface area (TPSA) is 128 Å². The van der Waals surface area contributed by atoms with Gasteiger partial charge in [-0.15, -0.1) is 0 Å². The van der Waals surface area contributed by atoms with E-state index < -0.39 is 22.8 Å². The Balaban J connectivity index is 1.46. The second-order valence-electron chi connectivity index (χ2n) is 10.1. The van der Waals surface area contributed by atoms with E-state index in [0.717, 1.165) is 16.7 Å². The van der Waals surface area contributed by atoms with Crippen LogP contribution in [0.1, 0.15) is 29.8 Å². The highest BCUT2D eigenvalue weighted by molar-refractivity contribution is 5.99. The van der Waals surface area contributed by atoms with E-state index in [2.05, 4.69) is 16.0 Å². The molecule has 9 heteroatoms. The normalized spacial score (nSPS) is 11.7. The third-order valence-corrected chi connectivity index (χ3v) is 6.62. The van der Waals surface area contributed by atoms with Crippen LogP contribution < -0.4 is 26.8 Å². The first-order chi connectivity index (χ1) is 19.1. The van der Waals surface area contributed by atoms with E-state index in [9.17, 15) is 24.3 Å². The molecule has 0 heterocycles. The molecule has 0 unspecified atom stereocenters. The fourth-order valence-corrected chi connectivity index (χ4v) is 4.28. The third kappa shape index (κ3) is 5.88. The molecule has 0 bridgehead atoms. The van der Waals surface area contributed by atoms with Crippen LogP contribution in [0, 0.1) is 5.92 Å². The summed E-state index contributed by atoms with van der Waals surface area (Å²) in [6.45, 7) is 3.94. The number of hydrogen-bond acceptors (Lipinski definition) is 7. The lowest BCUT2D eigenvalue weighted by atomic mass is 10.0. The van der Waals surface area contributed by atoms with E-state index in [0.29, 0.717) is 0 Å². The predicted molar refractivity (Wildman–Crippen MR) is 157 cm³/mol. The Morgan fingerprint density at radius 1 is 0.825 bits per heavy atom. The van der Waals surface area contributed by atoms with Crippen molar-refractivity contribution in [2.45, 2.75) is 26.4 Å². The number of rotatable bonds is 10. The zero-order valence-corrected chi connectivity index (χ0v) is 22.8. The number of carbonyl (C=O) groups is 2. The second kappa shape index (κ2) is 11.9. The molecule has 0 aliphatic heterocycles. The molecule has 9 nitrogen and oxygen atoms in total. The van der Waals surface area contributed by atoms with Crippen molar-refractivity contribution in [3.63, 3.8) is 0 Å². The number of benzene rings is 3. The van der Waals surface area contributed by atoms with Crippen molar-refractivity contribution in [1.82, 2.24) is 10.2 Å². The molecule has 0 aromatic heterocycles. The molecule has 0 saturated heterocycles. The molecule has 4 aromatic carbocycles. The Labute approximate surface area is 232 Å². The summed E-state index contributed by atoms with van der Waals surface area (Å²) in [5.41, 5.74) is 1.54. The summed E-state index contributed by atoms with van der Waals surface area (Å²) in [5.74, 6) is -1.32. The van der Waals surface area contributed by atoms with Crippen molar-refractivity contribution >= 4 is 28.9 Å². The molecule has 40 heavy (non-hydrogen) atoms. The zero-order chi connectivity index (χ0) is 29.0. The highest BCUT2D eigenvalue weighted by Gasteiger charge is 2.29. The van der Waals surface area contributed by atoms with Crippen LogP contribution in [0.4, 0.5) is 17.1 Å². The Hall–Kier alpha value is -4.92. The van der Waals surface area contributed by atoms with Gasteiger partial charge in [-0.05, 0) is 34.7 Å². The first kappa shape index (κ1) is 28.1. The first-order valence-corrected chi connectivity index (χ1v) is 12.9. The summed E-state index contributed by atoms with van der Waals surface area (Å²) in [7, 11) is 3.11. The Morgan fingerprint density at radius 3 is 2.08 bits per heavy atom. The summed E-state index contributed by atoms with van der Waals surface area (Å²) in [6.07, 6.45) is 0. The van der Waals surface area contributed by atoms with Gasteiger partial charge in [0.1, 0.15) is 17.4 Å². The number of phenolic OH excluding ortho intramolecular Hbond substituents is 1. The SMILES string of the molecule is CC(C)[C@@H](Nc1c(Nc2cccc(C(=O)N(C)C)c2O)c(=O)c1=O)C(=O)NCc1ccc(-c2ccccc2)cc1. The van der Waals surface area contributed by atoms with E-state index in [1.807, 2.05) is 68.4 Å². The van der Waals surface area contributed by atoms with Gasteiger partial charge in [-0.2, -0.15) is 0 Å². The molecular formula is C31H32N4O5. The van der Waals surface area contributed by atoms with Gasteiger partial charge in [-0.3, -0.25) is 19.2 Å². The molecule has 2 amide bonds. The summed E-state index contributed by atoms with van der Waals surface area (Å²) >= 11 is 0. The van der Waals surface area contributed by atoms with Crippen molar-refractivity contribution in [3.8, 4) is 16.9 Å². The molecule has 0 aliphatic carbocycles. The minimum atomic E-state index is -0.803. The molecule has 4 aromatic rings. The standard InChI is InChI=1S/C31H32N4O5/c1-18(2)24(30(39)32-17-19-13-15-21(16-14-19)20-9-6-5-7-10-20)34-26-25(28(37)29(26)38)33-23-12-8-11-22(27(23)36)31(40)35(3)4/h5-16,18,24,33-34,36H,17H2,1-4H3,(H,32,39)/t24-/m1/s1. The largest absolute Gasteiger partial charge is 0.505 e. The molecule has 0 spiro atoms. The number of nitrogens with one attached hydrogen (secondary N) is 3. The number of phenols is 1. The van der Waals surface area contributed by atoms with Crippen LogP contribution in [-0.2, 0) is 11.3 Å². The summed E-state index contributed by atoms with van der Waals surface area (Å²) in [4.78, 5) is 51.7. The maximum absolute atomic E-state index is 13.1. The number of para-hydroxylation sites is 1. The Morgan fingerprint density at radius 2 is 1.45 bits per heavy atom. The second-order valence-corrected chi connectivity index (χ2v) is 10.1. The number of carbonyl (C=O) groups excluding carboxylic acids is 2. The van der Waals surface area contributed by atoms with Crippen LogP contribution in [0.25, 0.3) is 11.1 Å². The molecule has 4 N–H and O–H groups in total. The monoisotopic (exact) mass is 540 g/mol. The number of aromatic hydroxyl groups is 1. The van der Waals surface area contributed by atoms with Crippen LogP contribution in [-0.4, -0.2) is 42.0 Å². The van der Waals surface area contributed by atoms with Gasteiger partial charge in [0.05, 0.1) is 11.3 Å². The van der Waals surface area contributed by atoms with Crippen LogP contribution in [0.15, 0.2) is 82.4 Å². The van der Waals surface area contributed by atoms with Crippen molar-refractivity contribution in [2.75, 3.05) is 24.7 Å². The van der Waals surface area contributed by atoms with Gasteiger partial charge < -0.3 is 26.0 Å². The van der Waals surface area contributed by atoms with Crippen LogP contribution >= 0.6 is 0 Å². The van der Waals surface area contributed by atoms with Crippen molar-refractivity contribution in [3.05, 3.63) is 104 Å². The number of nitrogens with zero attached hydrogens (tertiary/aromatic N) is 1. The average Bonchev–Trinajstić information content (AvgIpc) is 2.96. The van der Waals surface area contributed by atoms with Crippen molar-refractivity contribution in [1.29, 1.82) is 0 Å². The van der Waals surface area contributed by atoms with E-state index >= 15 is 0 Å². The summed E-state index contributed by atoms with van der Waals surface area (Å²) < 4.78 is 0. The number of amides is 2. The minimum Gasteiger partial charge on any atom is -0.505 e. The van der Waals surface area contributed by atoms with Gasteiger partial charge in [0.2, 0.25) is 5.91 Å². The van der Waals surface area contributed by atoms with E-state index in [1.54, 1.807) is 20.2 Å². The lowest BCUT2D eigenvalue weighted by Crippen LogP contribution is -2.47. The van der Waals surface area contributed by atoms with Crippen molar-refractivity contribution in [2.24, 2.45) is 5.92 Å². The van der Waals surface area contributed by atoms with Gasteiger partial charge in [-0.1, -0.05) is 74.5 Å². The molecule has 1 atom stereocenters. The maximum atomic E-state index is 13.1.